The predicted molar refractivity (Wildman–Crippen MR) is 107 cm³/mol. The molecule has 25 heavy (non-hydrogen) atoms. The zero-order valence-electron chi connectivity index (χ0n) is 15.1. The van der Waals surface area contributed by atoms with Crippen molar-refractivity contribution in [3.05, 3.63) is 52.6 Å². The Labute approximate surface area is 156 Å². The Bertz CT molecular complexity index is 659. The van der Waals surface area contributed by atoms with Gasteiger partial charge < -0.3 is 10.1 Å². The first-order chi connectivity index (χ1) is 12.1. The number of halogens is 1. The molecule has 1 unspecified atom stereocenters. The second-order valence-corrected chi connectivity index (χ2v) is 6.73. The van der Waals surface area contributed by atoms with Gasteiger partial charge in [0.25, 0.3) is 0 Å². The number of aryl methyl sites for hydroxylation is 1. The molecule has 1 aromatic carbocycles. The molecule has 0 saturated carbocycles. The lowest BCUT2D eigenvalue weighted by Crippen LogP contribution is -2.14. The van der Waals surface area contributed by atoms with Gasteiger partial charge in [-0.05, 0) is 29.7 Å². The number of benzene rings is 1. The maximum Gasteiger partial charge on any atom is 0.119 e. The molecule has 0 spiro atoms. The number of ether oxygens (including phenoxy) is 1. The molecular weight excluding hydrogens is 332 g/mol. The molecule has 0 heterocycles. The van der Waals surface area contributed by atoms with Crippen LogP contribution >= 0.6 is 11.6 Å². The smallest absolute Gasteiger partial charge is 0.119 e. The van der Waals surface area contributed by atoms with Crippen molar-refractivity contribution < 1.29 is 4.74 Å². The third-order valence-electron chi connectivity index (χ3n) is 4.19. The third kappa shape index (κ3) is 6.17. The predicted octanol–water partition coefficient (Wildman–Crippen LogP) is 5.59. The zero-order chi connectivity index (χ0) is 18.1. The van der Waals surface area contributed by atoms with Crippen LogP contribution in [0, 0.1) is 11.3 Å². The van der Waals surface area contributed by atoms with Gasteiger partial charge in [-0.15, -0.1) is 0 Å². The number of hydrogen-bond donors (Lipinski definition) is 1. The molecule has 0 radical (unpaired) electrons. The highest BCUT2D eigenvalue weighted by Gasteiger charge is 2.16. The summed E-state index contributed by atoms with van der Waals surface area (Å²) < 4.78 is 5.78. The van der Waals surface area contributed by atoms with Crippen molar-refractivity contribution >= 4 is 23.5 Å². The molecule has 0 fully saturated rings. The molecule has 3 nitrogen and oxygen atoms in total. The molecular formula is C21H27ClN2O. The average molecular weight is 359 g/mol. The lowest BCUT2D eigenvalue weighted by molar-refractivity contribution is 0.328. The molecule has 1 aliphatic rings. The van der Waals surface area contributed by atoms with E-state index in [1.54, 1.807) is 0 Å². The van der Waals surface area contributed by atoms with Crippen molar-refractivity contribution in [2.75, 3.05) is 13.2 Å². The number of nitrogens with zero attached hydrogens (tertiary/aromatic N) is 1. The SMILES string of the molecule is CCCc1ccc(OCCN=C(CC=N)C2=CCC(Cl)=CC2C)cc1. The van der Waals surface area contributed by atoms with Gasteiger partial charge in [0.15, 0.2) is 0 Å². The second kappa shape index (κ2) is 10.2. The Hall–Kier alpha value is -1.87. The van der Waals surface area contributed by atoms with Crippen molar-refractivity contribution in [2.45, 2.75) is 39.5 Å². The molecule has 0 aliphatic heterocycles. The first kappa shape index (κ1) is 19.5. The number of rotatable bonds is 9. The Morgan fingerprint density at radius 2 is 2.12 bits per heavy atom. The van der Waals surface area contributed by atoms with Gasteiger partial charge in [0.05, 0.1) is 6.54 Å². The van der Waals surface area contributed by atoms with Gasteiger partial charge in [0, 0.05) is 35.7 Å². The second-order valence-electron chi connectivity index (χ2n) is 6.24. The summed E-state index contributed by atoms with van der Waals surface area (Å²) in [4.78, 5) is 4.67. The molecule has 0 aromatic heterocycles. The van der Waals surface area contributed by atoms with Crippen LogP contribution in [0.4, 0.5) is 0 Å². The van der Waals surface area contributed by atoms with Gasteiger partial charge in [-0.25, -0.2) is 0 Å². The minimum atomic E-state index is 0.243. The van der Waals surface area contributed by atoms with Crippen molar-refractivity contribution in [3.63, 3.8) is 0 Å². The summed E-state index contributed by atoms with van der Waals surface area (Å²) in [5.41, 5.74) is 3.48. The standard InChI is InChI=1S/C21H27ClN2O/c1-3-4-17-5-8-19(9-6-17)25-14-13-24-21(11-12-23)20-10-7-18(22)15-16(20)2/h5-6,8-10,12,15-16,23H,3-4,7,11,13-14H2,1-2H3. The van der Waals surface area contributed by atoms with E-state index in [4.69, 9.17) is 21.7 Å². The lowest BCUT2D eigenvalue weighted by atomic mass is 9.90. The largest absolute Gasteiger partial charge is 0.492 e. The summed E-state index contributed by atoms with van der Waals surface area (Å²) >= 11 is 6.10. The van der Waals surface area contributed by atoms with Crippen LogP contribution < -0.4 is 4.74 Å². The maximum absolute atomic E-state index is 7.42. The fraction of sp³-hybridized carbons (Fsp3) is 0.429. The van der Waals surface area contributed by atoms with E-state index in [0.29, 0.717) is 19.6 Å². The van der Waals surface area contributed by atoms with Crippen molar-refractivity contribution in [2.24, 2.45) is 10.9 Å². The summed E-state index contributed by atoms with van der Waals surface area (Å²) in [6.07, 6.45) is 9.14. The topological polar surface area (TPSA) is 45.4 Å². The maximum atomic E-state index is 7.42. The van der Waals surface area contributed by atoms with Crippen molar-refractivity contribution in [1.82, 2.24) is 0 Å². The highest BCUT2D eigenvalue weighted by Crippen LogP contribution is 2.27. The minimum Gasteiger partial charge on any atom is -0.492 e. The molecule has 134 valence electrons. The molecule has 4 heteroatoms. The van der Waals surface area contributed by atoms with Crippen LogP contribution in [0.3, 0.4) is 0 Å². The summed E-state index contributed by atoms with van der Waals surface area (Å²) in [6.45, 7) is 5.41. The lowest BCUT2D eigenvalue weighted by Gasteiger charge is -2.19. The van der Waals surface area contributed by atoms with E-state index in [0.717, 1.165) is 35.8 Å². The first-order valence-corrected chi connectivity index (χ1v) is 9.32. The van der Waals surface area contributed by atoms with Crippen LogP contribution in [0.15, 0.2) is 52.0 Å². The molecule has 1 atom stereocenters. The van der Waals surface area contributed by atoms with Gasteiger partial charge in [-0.3, -0.25) is 4.99 Å². The molecule has 0 amide bonds. The van der Waals surface area contributed by atoms with E-state index in [1.165, 1.54) is 17.4 Å². The first-order valence-electron chi connectivity index (χ1n) is 8.94. The molecule has 1 aromatic rings. The van der Waals surface area contributed by atoms with Crippen LogP contribution in [0.25, 0.3) is 0 Å². The van der Waals surface area contributed by atoms with Gasteiger partial charge in [0.2, 0.25) is 0 Å². The normalized spacial score (nSPS) is 17.7. The van der Waals surface area contributed by atoms with E-state index < -0.39 is 0 Å². The van der Waals surface area contributed by atoms with Gasteiger partial charge in [0.1, 0.15) is 12.4 Å². The van der Waals surface area contributed by atoms with Gasteiger partial charge in [-0.2, -0.15) is 0 Å². The molecule has 1 N–H and O–H groups in total. The minimum absolute atomic E-state index is 0.243. The fourth-order valence-corrected chi connectivity index (χ4v) is 3.22. The highest BCUT2D eigenvalue weighted by atomic mass is 35.5. The van der Waals surface area contributed by atoms with Crippen LogP contribution in [-0.4, -0.2) is 25.1 Å². The van der Waals surface area contributed by atoms with Crippen LogP contribution in [0.2, 0.25) is 0 Å². The van der Waals surface area contributed by atoms with E-state index in [-0.39, 0.29) is 5.92 Å². The quantitative estimate of drug-likeness (QED) is 0.454. The average Bonchev–Trinajstić information content (AvgIpc) is 2.60. The summed E-state index contributed by atoms with van der Waals surface area (Å²) in [5, 5.41) is 8.30. The van der Waals surface area contributed by atoms with Crippen LogP contribution in [0.1, 0.15) is 38.7 Å². The number of nitrogens with one attached hydrogen (secondary N) is 1. The number of hydrogen-bond acceptors (Lipinski definition) is 3. The zero-order valence-corrected chi connectivity index (χ0v) is 15.9. The summed E-state index contributed by atoms with van der Waals surface area (Å²) in [6, 6.07) is 8.28. The Morgan fingerprint density at radius 1 is 1.36 bits per heavy atom. The van der Waals surface area contributed by atoms with E-state index in [9.17, 15) is 0 Å². The van der Waals surface area contributed by atoms with Crippen LogP contribution in [0.5, 0.6) is 5.75 Å². The summed E-state index contributed by atoms with van der Waals surface area (Å²) in [5.74, 6) is 1.12. The molecule has 0 bridgehead atoms. The monoisotopic (exact) mass is 358 g/mol. The summed E-state index contributed by atoms with van der Waals surface area (Å²) in [7, 11) is 0. The van der Waals surface area contributed by atoms with E-state index >= 15 is 0 Å². The van der Waals surface area contributed by atoms with Crippen molar-refractivity contribution in [1.29, 1.82) is 5.41 Å². The fourth-order valence-electron chi connectivity index (χ4n) is 2.96. The van der Waals surface area contributed by atoms with Gasteiger partial charge >= 0.3 is 0 Å². The molecule has 0 saturated heterocycles. The highest BCUT2D eigenvalue weighted by molar-refractivity contribution is 6.30. The molecule has 2 rings (SSSR count). The van der Waals surface area contributed by atoms with E-state index in [1.807, 2.05) is 12.1 Å². The number of aliphatic imine (C=N–C) groups is 1. The van der Waals surface area contributed by atoms with Gasteiger partial charge in [-0.1, -0.05) is 56.2 Å². The third-order valence-corrected chi connectivity index (χ3v) is 4.47. The Balaban J connectivity index is 1.90. The van der Waals surface area contributed by atoms with Crippen molar-refractivity contribution in [3.8, 4) is 5.75 Å². The number of allylic oxidation sites excluding steroid dienone is 4. The van der Waals surface area contributed by atoms with E-state index in [2.05, 4.69) is 43.1 Å². The Morgan fingerprint density at radius 3 is 2.76 bits per heavy atom. The molecule has 1 aliphatic carbocycles. The van der Waals surface area contributed by atoms with Crippen LogP contribution in [-0.2, 0) is 6.42 Å². The Kier molecular flexibility index (Phi) is 7.93.